The summed E-state index contributed by atoms with van der Waals surface area (Å²) in [5.74, 6) is 0.748. The lowest BCUT2D eigenvalue weighted by Gasteiger charge is -2.31. The summed E-state index contributed by atoms with van der Waals surface area (Å²) in [6, 6.07) is 0.248. The average molecular weight is 253 g/mol. The van der Waals surface area contributed by atoms with Gasteiger partial charge in [-0.2, -0.15) is 0 Å². The molecule has 2 amide bonds. The molecule has 18 heavy (non-hydrogen) atoms. The summed E-state index contributed by atoms with van der Waals surface area (Å²) in [6.07, 6.45) is 4.13. The fourth-order valence-corrected chi connectivity index (χ4v) is 2.79. The Morgan fingerprint density at radius 2 is 2.22 bits per heavy atom. The molecule has 4 N–H and O–H groups in total. The number of carbonyl (C=O) groups excluding carboxylic acids is 2. The van der Waals surface area contributed by atoms with Gasteiger partial charge in [-0.3, -0.25) is 9.59 Å². The smallest absolute Gasteiger partial charge is 0.223 e. The first-order valence-electron chi connectivity index (χ1n) is 6.89. The third kappa shape index (κ3) is 3.22. The van der Waals surface area contributed by atoms with Gasteiger partial charge in [-0.05, 0) is 31.6 Å². The van der Waals surface area contributed by atoms with Crippen LogP contribution < -0.4 is 16.4 Å². The first-order chi connectivity index (χ1) is 8.56. The van der Waals surface area contributed by atoms with Crippen molar-refractivity contribution >= 4 is 11.8 Å². The van der Waals surface area contributed by atoms with Gasteiger partial charge >= 0.3 is 0 Å². The highest BCUT2D eigenvalue weighted by Gasteiger charge is 2.30. The standard InChI is InChI=1S/C13H23N3O2/c1-8-2-3-9(6-11(8)14)13(18)15-7-10-4-5-12(17)16-10/h8-11H,2-7,14H2,1H3,(H,15,18)(H,16,17). The predicted molar refractivity (Wildman–Crippen MR) is 68.7 cm³/mol. The second-order valence-corrected chi connectivity index (χ2v) is 5.70. The van der Waals surface area contributed by atoms with Gasteiger partial charge in [0.25, 0.3) is 0 Å². The Labute approximate surface area is 108 Å². The normalized spacial score (nSPS) is 36.2. The van der Waals surface area contributed by atoms with Crippen molar-refractivity contribution in [3.8, 4) is 0 Å². The molecule has 0 aromatic heterocycles. The molecular weight excluding hydrogens is 230 g/mol. The molecule has 4 atom stereocenters. The summed E-state index contributed by atoms with van der Waals surface area (Å²) in [5, 5.41) is 5.79. The fourth-order valence-electron chi connectivity index (χ4n) is 2.79. The van der Waals surface area contributed by atoms with Crippen LogP contribution in [-0.4, -0.2) is 30.4 Å². The van der Waals surface area contributed by atoms with E-state index < -0.39 is 0 Å². The van der Waals surface area contributed by atoms with Crippen LogP contribution in [0.1, 0.15) is 39.0 Å². The summed E-state index contributed by atoms with van der Waals surface area (Å²) in [6.45, 7) is 2.69. The van der Waals surface area contributed by atoms with E-state index in [0.29, 0.717) is 18.9 Å². The Morgan fingerprint density at radius 3 is 2.83 bits per heavy atom. The lowest BCUT2D eigenvalue weighted by atomic mass is 9.79. The summed E-state index contributed by atoms with van der Waals surface area (Å²) >= 11 is 0. The number of amides is 2. The quantitative estimate of drug-likeness (QED) is 0.669. The van der Waals surface area contributed by atoms with Crippen LogP contribution in [0.15, 0.2) is 0 Å². The number of nitrogens with two attached hydrogens (primary N) is 1. The zero-order chi connectivity index (χ0) is 13.1. The summed E-state index contributed by atoms with van der Waals surface area (Å²) in [4.78, 5) is 23.0. The minimum atomic E-state index is 0.0494. The van der Waals surface area contributed by atoms with Crippen LogP contribution in [0.25, 0.3) is 0 Å². The van der Waals surface area contributed by atoms with E-state index in [9.17, 15) is 9.59 Å². The molecule has 0 spiro atoms. The first-order valence-corrected chi connectivity index (χ1v) is 6.89. The van der Waals surface area contributed by atoms with E-state index in [-0.39, 0.29) is 29.8 Å². The van der Waals surface area contributed by atoms with E-state index in [2.05, 4.69) is 17.6 Å². The highest BCUT2D eigenvalue weighted by molar-refractivity contribution is 5.80. The van der Waals surface area contributed by atoms with Crippen molar-refractivity contribution < 1.29 is 9.59 Å². The Bertz CT molecular complexity index is 332. The summed E-state index contributed by atoms with van der Waals surface area (Å²) < 4.78 is 0. The Kier molecular flexibility index (Phi) is 4.22. The molecule has 2 aliphatic rings. The average Bonchev–Trinajstić information content (AvgIpc) is 2.75. The van der Waals surface area contributed by atoms with Crippen molar-refractivity contribution in [2.45, 2.75) is 51.1 Å². The lowest BCUT2D eigenvalue weighted by molar-refractivity contribution is -0.126. The Hall–Kier alpha value is -1.10. The van der Waals surface area contributed by atoms with Gasteiger partial charge in [-0.15, -0.1) is 0 Å². The fraction of sp³-hybridized carbons (Fsp3) is 0.846. The number of nitrogens with one attached hydrogen (secondary N) is 2. The summed E-state index contributed by atoms with van der Waals surface area (Å²) in [7, 11) is 0. The molecule has 0 aromatic rings. The molecule has 1 aliphatic heterocycles. The molecule has 0 bridgehead atoms. The second kappa shape index (κ2) is 5.69. The molecule has 1 saturated carbocycles. The van der Waals surface area contributed by atoms with Gasteiger partial charge < -0.3 is 16.4 Å². The predicted octanol–water partition coefficient (Wildman–Crippen LogP) is 0.145. The van der Waals surface area contributed by atoms with Gasteiger partial charge in [0.15, 0.2) is 0 Å². The molecule has 0 radical (unpaired) electrons. The molecule has 5 nitrogen and oxygen atoms in total. The van der Waals surface area contributed by atoms with Crippen molar-refractivity contribution in [3.63, 3.8) is 0 Å². The number of carbonyl (C=O) groups is 2. The van der Waals surface area contributed by atoms with Crippen LogP contribution in [0.2, 0.25) is 0 Å². The molecule has 0 aromatic carbocycles. The van der Waals surface area contributed by atoms with Crippen LogP contribution in [0, 0.1) is 11.8 Å². The van der Waals surface area contributed by atoms with Crippen LogP contribution in [-0.2, 0) is 9.59 Å². The lowest BCUT2D eigenvalue weighted by Crippen LogP contribution is -2.44. The molecule has 2 fully saturated rings. The maximum Gasteiger partial charge on any atom is 0.223 e. The van der Waals surface area contributed by atoms with Gasteiger partial charge in [-0.1, -0.05) is 6.92 Å². The van der Waals surface area contributed by atoms with Crippen molar-refractivity contribution in [2.24, 2.45) is 17.6 Å². The number of rotatable bonds is 3. The minimum absolute atomic E-state index is 0.0494. The monoisotopic (exact) mass is 253 g/mol. The van der Waals surface area contributed by atoms with E-state index in [0.717, 1.165) is 25.7 Å². The molecule has 1 saturated heterocycles. The minimum Gasteiger partial charge on any atom is -0.354 e. The zero-order valence-corrected chi connectivity index (χ0v) is 10.9. The topological polar surface area (TPSA) is 84.2 Å². The first kappa shape index (κ1) is 13.3. The van der Waals surface area contributed by atoms with Crippen LogP contribution in [0.4, 0.5) is 0 Å². The molecule has 4 unspecified atom stereocenters. The summed E-state index contributed by atoms with van der Waals surface area (Å²) in [5.41, 5.74) is 6.01. The van der Waals surface area contributed by atoms with Crippen molar-refractivity contribution in [1.29, 1.82) is 0 Å². The van der Waals surface area contributed by atoms with Crippen molar-refractivity contribution in [3.05, 3.63) is 0 Å². The third-order valence-electron chi connectivity index (χ3n) is 4.24. The van der Waals surface area contributed by atoms with Gasteiger partial charge in [-0.25, -0.2) is 0 Å². The van der Waals surface area contributed by atoms with Gasteiger partial charge in [0.1, 0.15) is 0 Å². The molecule has 102 valence electrons. The van der Waals surface area contributed by atoms with Crippen molar-refractivity contribution in [1.82, 2.24) is 10.6 Å². The Morgan fingerprint density at radius 1 is 1.44 bits per heavy atom. The van der Waals surface area contributed by atoms with E-state index in [1.54, 1.807) is 0 Å². The molecule has 1 heterocycles. The van der Waals surface area contributed by atoms with Crippen LogP contribution in [0.3, 0.4) is 0 Å². The molecule has 5 heteroatoms. The molecular formula is C13H23N3O2. The third-order valence-corrected chi connectivity index (χ3v) is 4.24. The largest absolute Gasteiger partial charge is 0.354 e. The van der Waals surface area contributed by atoms with E-state index in [1.807, 2.05) is 0 Å². The van der Waals surface area contributed by atoms with Crippen LogP contribution >= 0.6 is 0 Å². The molecule has 2 rings (SSSR count). The number of hydrogen-bond acceptors (Lipinski definition) is 3. The highest BCUT2D eigenvalue weighted by Crippen LogP contribution is 2.27. The maximum absolute atomic E-state index is 12.0. The van der Waals surface area contributed by atoms with Gasteiger partial charge in [0.05, 0.1) is 0 Å². The van der Waals surface area contributed by atoms with Crippen molar-refractivity contribution in [2.75, 3.05) is 6.54 Å². The van der Waals surface area contributed by atoms with E-state index in [1.165, 1.54) is 0 Å². The molecule has 1 aliphatic carbocycles. The van der Waals surface area contributed by atoms with E-state index >= 15 is 0 Å². The SMILES string of the molecule is CC1CCC(C(=O)NCC2CCC(=O)N2)CC1N. The highest BCUT2D eigenvalue weighted by atomic mass is 16.2. The number of hydrogen-bond donors (Lipinski definition) is 3. The van der Waals surface area contributed by atoms with Gasteiger partial charge in [0, 0.05) is 31.0 Å². The maximum atomic E-state index is 12.0. The van der Waals surface area contributed by atoms with Crippen LogP contribution in [0.5, 0.6) is 0 Å². The van der Waals surface area contributed by atoms with Gasteiger partial charge in [0.2, 0.25) is 11.8 Å². The van der Waals surface area contributed by atoms with E-state index in [4.69, 9.17) is 5.73 Å². The second-order valence-electron chi connectivity index (χ2n) is 5.70. The zero-order valence-electron chi connectivity index (χ0n) is 10.9. The Balaban J connectivity index is 1.73.